The second-order valence-corrected chi connectivity index (χ2v) is 5.62. The fourth-order valence-electron chi connectivity index (χ4n) is 1.63. The molecule has 1 aliphatic rings. The Balaban J connectivity index is 2.40. The van der Waals surface area contributed by atoms with Crippen molar-refractivity contribution in [1.29, 1.82) is 0 Å². The van der Waals surface area contributed by atoms with Crippen LogP contribution in [0, 0.1) is 11.3 Å². The maximum Gasteiger partial charge on any atom is 0.223 e. The number of hydrogen-bond acceptors (Lipinski definition) is 2. The van der Waals surface area contributed by atoms with Gasteiger partial charge in [0, 0.05) is 12.0 Å². The molecule has 0 aromatic rings. The van der Waals surface area contributed by atoms with E-state index in [1.807, 2.05) is 0 Å². The Morgan fingerprint density at radius 2 is 1.87 bits per heavy atom. The topological polar surface area (TPSA) is 41.1 Å². The van der Waals surface area contributed by atoms with Gasteiger partial charge in [-0.15, -0.1) is 0 Å². The summed E-state index contributed by atoms with van der Waals surface area (Å²) in [5, 5.41) is 6.40. The van der Waals surface area contributed by atoms with Gasteiger partial charge in [-0.3, -0.25) is 4.79 Å². The molecule has 1 heterocycles. The number of piperidine rings is 1. The van der Waals surface area contributed by atoms with Crippen molar-refractivity contribution in [3.05, 3.63) is 0 Å². The van der Waals surface area contributed by atoms with Gasteiger partial charge in [0.15, 0.2) is 0 Å². The summed E-state index contributed by atoms with van der Waals surface area (Å²) < 4.78 is 0. The number of hydrogen-bond donors (Lipinski definition) is 2. The van der Waals surface area contributed by atoms with Crippen molar-refractivity contribution in [2.75, 3.05) is 13.1 Å². The predicted molar refractivity (Wildman–Crippen MR) is 62.7 cm³/mol. The van der Waals surface area contributed by atoms with Crippen LogP contribution in [0.15, 0.2) is 0 Å². The summed E-state index contributed by atoms with van der Waals surface area (Å²) >= 11 is 0. The van der Waals surface area contributed by atoms with Crippen LogP contribution in [0.25, 0.3) is 0 Å². The Labute approximate surface area is 93.0 Å². The molecular weight excluding hydrogens is 188 g/mol. The van der Waals surface area contributed by atoms with Gasteiger partial charge in [-0.25, -0.2) is 0 Å². The van der Waals surface area contributed by atoms with Gasteiger partial charge in [-0.2, -0.15) is 0 Å². The quantitative estimate of drug-likeness (QED) is 0.729. The van der Waals surface area contributed by atoms with E-state index < -0.39 is 0 Å². The number of rotatable bonds is 2. The lowest BCUT2D eigenvalue weighted by Gasteiger charge is -2.30. The first-order chi connectivity index (χ1) is 6.91. The number of carbonyl (C=O) groups excluding carboxylic acids is 1. The van der Waals surface area contributed by atoms with Crippen molar-refractivity contribution in [3.8, 4) is 0 Å². The van der Waals surface area contributed by atoms with Crippen LogP contribution in [0.4, 0.5) is 0 Å². The molecule has 1 atom stereocenters. The summed E-state index contributed by atoms with van der Waals surface area (Å²) in [6, 6.07) is 0.236. The monoisotopic (exact) mass is 212 g/mol. The lowest BCUT2D eigenvalue weighted by Crippen LogP contribution is -2.46. The van der Waals surface area contributed by atoms with Crippen LogP contribution in [0.5, 0.6) is 0 Å². The van der Waals surface area contributed by atoms with Gasteiger partial charge in [0.2, 0.25) is 5.91 Å². The third-order valence-corrected chi connectivity index (χ3v) is 3.37. The molecule has 1 saturated heterocycles. The molecule has 2 N–H and O–H groups in total. The second kappa shape index (κ2) is 4.97. The molecule has 0 bridgehead atoms. The molecule has 88 valence electrons. The maximum absolute atomic E-state index is 11.9. The summed E-state index contributed by atoms with van der Waals surface area (Å²) in [6.45, 7) is 10.5. The molecule has 1 unspecified atom stereocenters. The molecule has 0 aromatic heterocycles. The normalized spacial score (nSPS) is 21.1. The van der Waals surface area contributed by atoms with E-state index in [2.05, 4.69) is 38.3 Å². The fraction of sp³-hybridized carbons (Fsp3) is 0.917. The maximum atomic E-state index is 11.9. The highest BCUT2D eigenvalue weighted by Gasteiger charge is 2.26. The summed E-state index contributed by atoms with van der Waals surface area (Å²) in [4.78, 5) is 11.9. The first kappa shape index (κ1) is 12.5. The highest BCUT2D eigenvalue weighted by molar-refractivity contribution is 5.79. The van der Waals surface area contributed by atoms with E-state index in [-0.39, 0.29) is 23.3 Å². The van der Waals surface area contributed by atoms with Crippen LogP contribution in [0.3, 0.4) is 0 Å². The van der Waals surface area contributed by atoms with Crippen molar-refractivity contribution in [3.63, 3.8) is 0 Å². The molecule has 0 aromatic carbocycles. The van der Waals surface area contributed by atoms with Crippen molar-refractivity contribution in [1.82, 2.24) is 10.6 Å². The van der Waals surface area contributed by atoms with Crippen LogP contribution < -0.4 is 10.6 Å². The minimum Gasteiger partial charge on any atom is -0.353 e. The Kier molecular flexibility index (Phi) is 4.14. The lowest BCUT2D eigenvalue weighted by atomic mass is 9.87. The highest BCUT2D eigenvalue weighted by Crippen LogP contribution is 2.20. The largest absolute Gasteiger partial charge is 0.353 e. The Morgan fingerprint density at radius 1 is 1.33 bits per heavy atom. The molecule has 0 radical (unpaired) electrons. The molecule has 0 saturated carbocycles. The van der Waals surface area contributed by atoms with Gasteiger partial charge in [0.1, 0.15) is 0 Å². The summed E-state index contributed by atoms with van der Waals surface area (Å²) in [7, 11) is 0. The molecule has 1 rings (SSSR count). The number of amides is 1. The minimum atomic E-state index is 0.141. The van der Waals surface area contributed by atoms with Gasteiger partial charge >= 0.3 is 0 Å². The third kappa shape index (κ3) is 3.82. The van der Waals surface area contributed by atoms with Gasteiger partial charge in [0.25, 0.3) is 0 Å². The summed E-state index contributed by atoms with van der Waals surface area (Å²) in [5.74, 6) is 0.454. The second-order valence-electron chi connectivity index (χ2n) is 5.62. The first-order valence-electron chi connectivity index (χ1n) is 5.92. The van der Waals surface area contributed by atoms with E-state index >= 15 is 0 Å². The van der Waals surface area contributed by atoms with Crippen LogP contribution in [0.1, 0.15) is 40.5 Å². The molecule has 3 nitrogen and oxygen atoms in total. The number of nitrogens with one attached hydrogen (secondary N) is 2. The third-order valence-electron chi connectivity index (χ3n) is 3.37. The van der Waals surface area contributed by atoms with E-state index in [1.54, 1.807) is 0 Å². The molecule has 1 fully saturated rings. The zero-order chi connectivity index (χ0) is 11.5. The first-order valence-corrected chi connectivity index (χ1v) is 5.92. The molecule has 0 aliphatic carbocycles. The van der Waals surface area contributed by atoms with Crippen molar-refractivity contribution >= 4 is 5.91 Å². The summed E-state index contributed by atoms with van der Waals surface area (Å²) in [6.07, 6.45) is 1.95. The molecule has 3 heteroatoms. The van der Waals surface area contributed by atoms with E-state index in [1.165, 1.54) is 0 Å². The molecule has 1 amide bonds. The number of carbonyl (C=O) groups is 1. The average molecular weight is 212 g/mol. The fourth-order valence-corrected chi connectivity index (χ4v) is 1.63. The zero-order valence-electron chi connectivity index (χ0n) is 10.4. The predicted octanol–water partition coefficient (Wildman–Crippen LogP) is 1.54. The van der Waals surface area contributed by atoms with Gasteiger partial charge in [-0.1, -0.05) is 20.8 Å². The van der Waals surface area contributed by atoms with Gasteiger partial charge < -0.3 is 10.6 Å². The highest BCUT2D eigenvalue weighted by atomic mass is 16.1. The minimum absolute atomic E-state index is 0.141. The van der Waals surface area contributed by atoms with Crippen LogP contribution in [0.2, 0.25) is 0 Å². The Hall–Kier alpha value is -0.570. The van der Waals surface area contributed by atoms with E-state index in [0.29, 0.717) is 0 Å². The Morgan fingerprint density at radius 3 is 2.33 bits per heavy atom. The Bertz CT molecular complexity index is 214. The van der Waals surface area contributed by atoms with Crippen molar-refractivity contribution in [2.24, 2.45) is 11.3 Å². The summed E-state index contributed by atoms with van der Waals surface area (Å²) in [5.41, 5.74) is 0.141. The standard InChI is InChI=1S/C12H24N2O/c1-9(12(2,3)4)14-11(15)10-5-7-13-8-6-10/h9-10,13H,5-8H2,1-4H3,(H,14,15). The van der Waals surface area contributed by atoms with E-state index in [4.69, 9.17) is 0 Å². The van der Waals surface area contributed by atoms with Crippen molar-refractivity contribution in [2.45, 2.75) is 46.6 Å². The lowest BCUT2D eigenvalue weighted by molar-refractivity contribution is -0.127. The van der Waals surface area contributed by atoms with Gasteiger partial charge in [0.05, 0.1) is 0 Å². The SMILES string of the molecule is CC(NC(=O)C1CCNCC1)C(C)(C)C. The van der Waals surface area contributed by atoms with E-state index in [0.717, 1.165) is 25.9 Å². The molecule has 0 spiro atoms. The van der Waals surface area contributed by atoms with Crippen LogP contribution >= 0.6 is 0 Å². The van der Waals surface area contributed by atoms with Crippen molar-refractivity contribution < 1.29 is 4.79 Å². The van der Waals surface area contributed by atoms with Crippen LogP contribution in [-0.2, 0) is 4.79 Å². The van der Waals surface area contributed by atoms with E-state index in [9.17, 15) is 4.79 Å². The molecular formula is C12H24N2O. The molecule has 15 heavy (non-hydrogen) atoms. The molecule has 1 aliphatic heterocycles. The zero-order valence-corrected chi connectivity index (χ0v) is 10.4. The van der Waals surface area contributed by atoms with Crippen LogP contribution in [-0.4, -0.2) is 25.0 Å². The average Bonchev–Trinajstić information content (AvgIpc) is 2.17. The smallest absolute Gasteiger partial charge is 0.223 e. The van der Waals surface area contributed by atoms with Gasteiger partial charge in [-0.05, 0) is 38.3 Å².